The van der Waals surface area contributed by atoms with Crippen LogP contribution < -0.4 is 9.46 Å². The monoisotopic (exact) mass is 449 g/mol. The van der Waals surface area contributed by atoms with Crippen LogP contribution in [-0.4, -0.2) is 68.9 Å². The summed E-state index contributed by atoms with van der Waals surface area (Å²) in [5, 5.41) is 0. The molecule has 2 aliphatic heterocycles. The minimum absolute atomic E-state index is 0.0327. The molecular weight excluding hydrogens is 418 g/mol. The van der Waals surface area contributed by atoms with Gasteiger partial charge in [0.05, 0.1) is 17.9 Å². The molecule has 0 unspecified atom stereocenters. The van der Waals surface area contributed by atoms with E-state index in [0.717, 1.165) is 25.7 Å². The van der Waals surface area contributed by atoms with Crippen molar-refractivity contribution in [2.24, 2.45) is 5.92 Å². The van der Waals surface area contributed by atoms with Crippen molar-refractivity contribution in [3.8, 4) is 5.75 Å². The van der Waals surface area contributed by atoms with Gasteiger partial charge >= 0.3 is 0 Å². The van der Waals surface area contributed by atoms with Crippen molar-refractivity contribution in [1.29, 1.82) is 0 Å². The zero-order chi connectivity index (χ0) is 22.0. The maximum atomic E-state index is 13.0. The lowest BCUT2D eigenvalue weighted by Crippen LogP contribution is -2.48. The summed E-state index contributed by atoms with van der Waals surface area (Å²) in [7, 11) is -2.09. The lowest BCUT2D eigenvalue weighted by atomic mass is 10.0. The van der Waals surface area contributed by atoms with Gasteiger partial charge in [-0.3, -0.25) is 9.59 Å². The van der Waals surface area contributed by atoms with Crippen LogP contribution >= 0.6 is 0 Å². The Balaban J connectivity index is 1.29. The molecule has 9 heteroatoms. The van der Waals surface area contributed by atoms with Gasteiger partial charge in [-0.05, 0) is 49.9 Å². The van der Waals surface area contributed by atoms with E-state index in [2.05, 4.69) is 4.72 Å². The summed E-state index contributed by atoms with van der Waals surface area (Å²) in [5.74, 6) is 0.473. The number of hydrogen-bond donors (Lipinski definition) is 1. The van der Waals surface area contributed by atoms with E-state index in [1.807, 2.05) is 4.90 Å². The normalized spacial score (nSPS) is 23.5. The van der Waals surface area contributed by atoms with E-state index in [1.165, 1.54) is 19.2 Å². The highest BCUT2D eigenvalue weighted by molar-refractivity contribution is 7.89. The van der Waals surface area contributed by atoms with Crippen molar-refractivity contribution in [3.05, 3.63) is 24.3 Å². The Morgan fingerprint density at radius 3 is 2.32 bits per heavy atom. The second-order valence-corrected chi connectivity index (χ2v) is 10.5. The highest BCUT2D eigenvalue weighted by Gasteiger charge is 2.40. The Hall–Kier alpha value is -2.13. The Morgan fingerprint density at radius 2 is 1.71 bits per heavy atom. The molecule has 2 saturated heterocycles. The number of nitrogens with zero attached hydrogens (tertiary/aromatic N) is 2. The molecule has 3 fully saturated rings. The van der Waals surface area contributed by atoms with Gasteiger partial charge in [-0.2, -0.15) is 0 Å². The van der Waals surface area contributed by atoms with Crippen LogP contribution in [-0.2, 0) is 19.6 Å². The van der Waals surface area contributed by atoms with Crippen LogP contribution in [0.1, 0.15) is 44.9 Å². The quantitative estimate of drug-likeness (QED) is 0.714. The van der Waals surface area contributed by atoms with Gasteiger partial charge < -0.3 is 14.5 Å². The maximum Gasteiger partial charge on any atom is 0.240 e. The van der Waals surface area contributed by atoms with Crippen LogP contribution in [0.3, 0.4) is 0 Å². The summed E-state index contributed by atoms with van der Waals surface area (Å²) in [6, 6.07) is 6.38. The second kappa shape index (κ2) is 9.16. The SMILES string of the molecule is COc1ccc(S(=O)(=O)NC2CCN(C(=O)[C@@H]3CC(=O)N(C4CCCC4)C3)CC2)cc1. The standard InChI is InChI=1S/C22H31N3O5S/c1-30-19-6-8-20(9-7-19)31(28,29)23-17-10-12-24(13-11-17)22(27)16-14-21(26)25(15-16)18-4-2-3-5-18/h6-9,16-18,23H,2-5,10-15H2,1H3/t16-/m1/s1. The lowest BCUT2D eigenvalue weighted by Gasteiger charge is -2.33. The number of amides is 2. The number of methoxy groups -OCH3 is 1. The van der Waals surface area contributed by atoms with Crippen molar-refractivity contribution >= 4 is 21.8 Å². The molecule has 1 saturated carbocycles. The molecular formula is C22H31N3O5S. The number of sulfonamides is 1. The van der Waals surface area contributed by atoms with E-state index in [1.54, 1.807) is 17.0 Å². The Labute approximate surface area is 184 Å². The zero-order valence-electron chi connectivity index (χ0n) is 18.0. The first-order valence-electron chi connectivity index (χ1n) is 11.1. The molecule has 4 rings (SSSR count). The molecule has 1 aromatic rings. The number of rotatable bonds is 6. The predicted molar refractivity (Wildman–Crippen MR) is 115 cm³/mol. The van der Waals surface area contributed by atoms with E-state index < -0.39 is 10.0 Å². The van der Waals surface area contributed by atoms with Crippen molar-refractivity contribution in [3.63, 3.8) is 0 Å². The minimum atomic E-state index is -3.62. The fraction of sp³-hybridized carbons (Fsp3) is 0.636. The Bertz CT molecular complexity index is 904. The van der Waals surface area contributed by atoms with Gasteiger partial charge in [0.1, 0.15) is 5.75 Å². The fourth-order valence-corrected chi connectivity index (χ4v) is 6.29. The number of hydrogen-bond acceptors (Lipinski definition) is 5. The summed E-state index contributed by atoms with van der Waals surface area (Å²) in [4.78, 5) is 29.3. The molecule has 1 atom stereocenters. The van der Waals surface area contributed by atoms with Crippen LogP contribution in [0.4, 0.5) is 0 Å². The molecule has 2 amide bonds. The number of benzene rings is 1. The third kappa shape index (κ3) is 4.87. The summed E-state index contributed by atoms with van der Waals surface area (Å²) >= 11 is 0. The minimum Gasteiger partial charge on any atom is -0.497 e. The average Bonchev–Trinajstić information content (AvgIpc) is 3.43. The van der Waals surface area contributed by atoms with Crippen LogP contribution in [0, 0.1) is 5.92 Å². The first kappa shape index (κ1) is 22.1. The molecule has 0 radical (unpaired) electrons. The number of carbonyl (C=O) groups excluding carboxylic acids is 2. The predicted octanol–water partition coefficient (Wildman–Crippen LogP) is 1.76. The van der Waals surface area contributed by atoms with Gasteiger partial charge in [0.2, 0.25) is 21.8 Å². The molecule has 170 valence electrons. The summed E-state index contributed by atoms with van der Waals surface area (Å²) in [6.07, 6.45) is 5.85. The van der Waals surface area contributed by atoms with E-state index in [4.69, 9.17) is 4.74 Å². The number of likely N-dealkylation sites (tertiary alicyclic amines) is 2. The van der Waals surface area contributed by atoms with E-state index in [-0.39, 0.29) is 28.7 Å². The molecule has 0 aromatic heterocycles. The van der Waals surface area contributed by atoms with Crippen LogP contribution in [0.15, 0.2) is 29.2 Å². The number of nitrogens with one attached hydrogen (secondary N) is 1. The van der Waals surface area contributed by atoms with E-state index in [9.17, 15) is 18.0 Å². The Morgan fingerprint density at radius 1 is 1.06 bits per heavy atom. The molecule has 8 nitrogen and oxygen atoms in total. The molecule has 2 heterocycles. The van der Waals surface area contributed by atoms with Gasteiger partial charge in [0.25, 0.3) is 0 Å². The van der Waals surface area contributed by atoms with Crippen molar-refractivity contribution in [2.45, 2.75) is 61.9 Å². The van der Waals surface area contributed by atoms with Gasteiger partial charge in [0.15, 0.2) is 0 Å². The fourth-order valence-electron chi connectivity index (χ4n) is 4.98. The topological polar surface area (TPSA) is 96.0 Å². The van der Waals surface area contributed by atoms with Crippen LogP contribution in [0.2, 0.25) is 0 Å². The highest BCUT2D eigenvalue weighted by atomic mass is 32.2. The number of carbonyl (C=O) groups is 2. The average molecular weight is 450 g/mol. The third-order valence-electron chi connectivity index (χ3n) is 6.77. The van der Waals surface area contributed by atoms with E-state index >= 15 is 0 Å². The van der Waals surface area contributed by atoms with Gasteiger partial charge in [-0.15, -0.1) is 0 Å². The van der Waals surface area contributed by atoms with Gasteiger partial charge in [-0.25, -0.2) is 13.1 Å². The molecule has 1 aromatic carbocycles. The first-order chi connectivity index (χ1) is 14.9. The zero-order valence-corrected chi connectivity index (χ0v) is 18.8. The largest absolute Gasteiger partial charge is 0.497 e. The third-order valence-corrected chi connectivity index (χ3v) is 8.31. The molecule has 0 bridgehead atoms. The number of ether oxygens (including phenoxy) is 1. The highest BCUT2D eigenvalue weighted by Crippen LogP contribution is 2.30. The second-order valence-electron chi connectivity index (χ2n) is 8.78. The van der Waals surface area contributed by atoms with Crippen LogP contribution in [0.5, 0.6) is 5.75 Å². The molecule has 3 aliphatic rings. The first-order valence-corrected chi connectivity index (χ1v) is 12.6. The molecule has 1 N–H and O–H groups in total. The van der Waals surface area contributed by atoms with Crippen LogP contribution in [0.25, 0.3) is 0 Å². The van der Waals surface area contributed by atoms with Gasteiger partial charge in [0, 0.05) is 38.1 Å². The van der Waals surface area contributed by atoms with E-state index in [0.29, 0.717) is 50.7 Å². The smallest absolute Gasteiger partial charge is 0.240 e. The summed E-state index contributed by atoms with van der Waals surface area (Å²) in [5.41, 5.74) is 0. The van der Waals surface area contributed by atoms with Crippen molar-refractivity contribution in [1.82, 2.24) is 14.5 Å². The molecule has 1 aliphatic carbocycles. The van der Waals surface area contributed by atoms with Crippen molar-refractivity contribution < 1.29 is 22.7 Å². The van der Waals surface area contributed by atoms with Gasteiger partial charge in [-0.1, -0.05) is 12.8 Å². The number of piperidine rings is 1. The molecule has 0 spiro atoms. The summed E-state index contributed by atoms with van der Waals surface area (Å²) < 4.78 is 33.1. The molecule has 31 heavy (non-hydrogen) atoms. The Kier molecular flexibility index (Phi) is 6.52. The summed E-state index contributed by atoms with van der Waals surface area (Å²) in [6.45, 7) is 1.54. The van der Waals surface area contributed by atoms with Crippen molar-refractivity contribution in [2.75, 3.05) is 26.7 Å². The lowest BCUT2D eigenvalue weighted by molar-refractivity contribution is -0.136. The maximum absolute atomic E-state index is 13.0.